The first kappa shape index (κ1) is 28.1. The van der Waals surface area contributed by atoms with Crippen LogP contribution >= 0.6 is 0 Å². The number of H-pyrrole nitrogens is 1. The Morgan fingerprint density at radius 3 is 2.40 bits per heavy atom. The molecule has 6 nitrogen and oxygen atoms in total. The molecule has 1 fully saturated rings. The second-order valence-corrected chi connectivity index (χ2v) is 9.65. The number of ether oxygens (including phenoxy) is 1. The summed E-state index contributed by atoms with van der Waals surface area (Å²) in [4.78, 5) is 31.0. The van der Waals surface area contributed by atoms with Gasteiger partial charge in [0.05, 0.1) is 7.11 Å². The van der Waals surface area contributed by atoms with Gasteiger partial charge in [-0.2, -0.15) is 0 Å². The molecule has 2 N–H and O–H groups in total. The van der Waals surface area contributed by atoms with Gasteiger partial charge in [-0.1, -0.05) is 48.5 Å². The molecule has 1 saturated carbocycles. The van der Waals surface area contributed by atoms with Gasteiger partial charge in [-0.3, -0.25) is 9.69 Å². The van der Waals surface area contributed by atoms with Gasteiger partial charge in [0, 0.05) is 35.5 Å². The molecule has 35 heavy (non-hydrogen) atoms. The summed E-state index contributed by atoms with van der Waals surface area (Å²) < 4.78 is 5.00. The number of nitrogens with zero attached hydrogens (tertiary/aromatic N) is 1. The van der Waals surface area contributed by atoms with Crippen LogP contribution in [0.4, 0.5) is 0 Å². The SMILES string of the molecule is COC(=O)[C@H](Cc1c[nH]c2ccccc12)NC(=O)CC1CCC(c2ccccc2)(N(C)C)CC1.[KH]. The van der Waals surface area contributed by atoms with E-state index in [1.807, 2.05) is 30.5 Å². The molecule has 0 bridgehead atoms. The molecule has 1 aliphatic carbocycles. The van der Waals surface area contributed by atoms with E-state index >= 15 is 0 Å². The number of benzene rings is 2. The third kappa shape index (κ3) is 6.45. The Labute approximate surface area is 250 Å². The molecule has 0 aliphatic heterocycles. The molecule has 4 rings (SSSR count). The van der Waals surface area contributed by atoms with Crippen LogP contribution in [0.1, 0.15) is 43.2 Å². The van der Waals surface area contributed by atoms with E-state index in [9.17, 15) is 9.59 Å². The zero-order chi connectivity index (χ0) is 24.1. The number of hydrogen-bond donors (Lipinski definition) is 2. The fourth-order valence-electron chi connectivity index (χ4n) is 5.47. The predicted octanol–water partition coefficient (Wildman–Crippen LogP) is 3.76. The number of nitrogens with one attached hydrogen (secondary N) is 2. The van der Waals surface area contributed by atoms with Gasteiger partial charge in [-0.25, -0.2) is 4.79 Å². The number of carbonyl (C=O) groups is 2. The van der Waals surface area contributed by atoms with Crippen LogP contribution in [0.5, 0.6) is 0 Å². The molecule has 7 heteroatoms. The topological polar surface area (TPSA) is 74.4 Å². The van der Waals surface area contributed by atoms with Crippen molar-refractivity contribution in [2.24, 2.45) is 5.92 Å². The average molecular weight is 502 g/mol. The Morgan fingerprint density at radius 2 is 1.74 bits per heavy atom. The fraction of sp³-hybridized carbons (Fsp3) is 0.429. The second-order valence-electron chi connectivity index (χ2n) is 9.65. The summed E-state index contributed by atoms with van der Waals surface area (Å²) in [5.74, 6) is -0.196. The minimum absolute atomic E-state index is 0. The quantitative estimate of drug-likeness (QED) is 0.364. The molecule has 1 atom stereocenters. The number of methoxy groups -OCH3 is 1. The molecule has 2 aromatic carbocycles. The zero-order valence-electron chi connectivity index (χ0n) is 20.3. The molecular weight excluding hydrogens is 465 g/mol. The summed E-state index contributed by atoms with van der Waals surface area (Å²) >= 11 is 0. The third-order valence-electron chi connectivity index (χ3n) is 7.49. The Balaban J connectivity index is 0.00000342. The van der Waals surface area contributed by atoms with E-state index in [4.69, 9.17) is 4.74 Å². The first-order chi connectivity index (χ1) is 16.4. The number of rotatable bonds is 8. The third-order valence-corrected chi connectivity index (χ3v) is 7.49. The van der Waals surface area contributed by atoms with Crippen LogP contribution in [-0.2, 0) is 26.3 Å². The van der Waals surface area contributed by atoms with Gasteiger partial charge in [0.25, 0.3) is 0 Å². The van der Waals surface area contributed by atoms with Gasteiger partial charge >= 0.3 is 57.4 Å². The van der Waals surface area contributed by atoms with Crippen molar-refractivity contribution >= 4 is 74.2 Å². The number of hydrogen-bond acceptors (Lipinski definition) is 4. The van der Waals surface area contributed by atoms with E-state index in [-0.39, 0.29) is 62.8 Å². The van der Waals surface area contributed by atoms with E-state index in [0.29, 0.717) is 18.8 Å². The zero-order valence-corrected chi connectivity index (χ0v) is 20.3. The summed E-state index contributed by atoms with van der Waals surface area (Å²) in [7, 11) is 5.65. The van der Waals surface area contributed by atoms with Crippen LogP contribution in [0.2, 0.25) is 0 Å². The Morgan fingerprint density at radius 1 is 1.09 bits per heavy atom. The number of amides is 1. The van der Waals surface area contributed by atoms with Crippen LogP contribution in [-0.4, -0.2) is 100 Å². The van der Waals surface area contributed by atoms with Crippen LogP contribution in [0, 0.1) is 5.92 Å². The molecular formula is C28H36KN3O3. The molecule has 0 radical (unpaired) electrons. The van der Waals surface area contributed by atoms with Crippen molar-refractivity contribution in [2.75, 3.05) is 21.2 Å². The van der Waals surface area contributed by atoms with Crippen LogP contribution in [0.25, 0.3) is 10.9 Å². The Bertz CT molecular complexity index is 1120. The van der Waals surface area contributed by atoms with Crippen molar-refractivity contribution in [3.63, 3.8) is 0 Å². The number of aromatic nitrogens is 1. The van der Waals surface area contributed by atoms with Crippen molar-refractivity contribution in [2.45, 2.75) is 50.1 Å². The molecule has 0 saturated heterocycles. The standard InChI is InChI=1S/C28H35N3O3.K.H/c1-31(2)28(22-9-5-4-6-10-22)15-13-20(14-16-28)17-26(32)30-25(27(33)34-3)18-21-19-29-24-12-8-7-11-23(21)24;;/h4-12,19-20,25,29H,13-18H2,1-3H3,(H,30,32);;/t20?,25-,28?;;/m0../s1. The maximum atomic E-state index is 13.0. The van der Waals surface area contributed by atoms with Crippen molar-refractivity contribution in [1.82, 2.24) is 15.2 Å². The fourth-order valence-corrected chi connectivity index (χ4v) is 5.47. The van der Waals surface area contributed by atoms with E-state index in [0.717, 1.165) is 42.1 Å². The van der Waals surface area contributed by atoms with E-state index in [1.54, 1.807) is 0 Å². The number of carbonyl (C=O) groups excluding carboxylic acids is 2. The monoisotopic (exact) mass is 501 g/mol. The molecule has 0 spiro atoms. The molecule has 3 aromatic rings. The van der Waals surface area contributed by atoms with E-state index in [1.165, 1.54) is 12.7 Å². The van der Waals surface area contributed by atoms with Gasteiger partial charge in [0.15, 0.2) is 0 Å². The Hall–Kier alpha value is -1.48. The second kappa shape index (κ2) is 12.7. The number of aromatic amines is 1. The first-order valence-electron chi connectivity index (χ1n) is 12.1. The first-order valence-corrected chi connectivity index (χ1v) is 12.1. The minimum atomic E-state index is -0.703. The van der Waals surface area contributed by atoms with E-state index < -0.39 is 12.0 Å². The van der Waals surface area contributed by atoms with Crippen molar-refractivity contribution in [3.8, 4) is 0 Å². The summed E-state index contributed by atoms with van der Waals surface area (Å²) in [6, 6.07) is 17.9. The van der Waals surface area contributed by atoms with Gasteiger partial charge in [-0.15, -0.1) is 0 Å². The van der Waals surface area contributed by atoms with Gasteiger partial charge < -0.3 is 15.0 Å². The van der Waals surface area contributed by atoms with Crippen LogP contribution in [0.15, 0.2) is 60.8 Å². The molecule has 0 unspecified atom stereocenters. The van der Waals surface area contributed by atoms with Crippen LogP contribution in [0.3, 0.4) is 0 Å². The summed E-state index contributed by atoms with van der Waals surface area (Å²) in [5, 5.41) is 4.01. The van der Waals surface area contributed by atoms with Gasteiger partial charge in [-0.05, 0) is 62.9 Å². The van der Waals surface area contributed by atoms with Crippen molar-refractivity contribution < 1.29 is 14.3 Å². The number of esters is 1. The van der Waals surface area contributed by atoms with Crippen molar-refractivity contribution in [3.05, 3.63) is 71.9 Å². The molecule has 1 amide bonds. The summed E-state index contributed by atoms with van der Waals surface area (Å²) in [6.45, 7) is 0. The summed E-state index contributed by atoms with van der Waals surface area (Å²) in [5.41, 5.74) is 3.35. The number of fused-ring (bicyclic) bond motifs is 1. The maximum absolute atomic E-state index is 13.0. The Kier molecular flexibility index (Phi) is 10.2. The normalized spacial score (nSPS) is 20.7. The molecule has 1 aromatic heterocycles. The molecule has 1 aliphatic rings. The number of para-hydroxylation sites is 1. The average Bonchev–Trinajstić information content (AvgIpc) is 3.27. The molecule has 1 heterocycles. The van der Waals surface area contributed by atoms with Gasteiger partial charge in [0.1, 0.15) is 6.04 Å². The van der Waals surface area contributed by atoms with E-state index in [2.05, 4.69) is 59.6 Å². The van der Waals surface area contributed by atoms with Crippen molar-refractivity contribution in [1.29, 1.82) is 0 Å². The molecule has 182 valence electrons. The predicted molar refractivity (Wildman–Crippen MR) is 141 cm³/mol. The summed E-state index contributed by atoms with van der Waals surface area (Å²) in [6.07, 6.45) is 6.70. The van der Waals surface area contributed by atoms with Gasteiger partial charge in [0.2, 0.25) is 5.91 Å². The van der Waals surface area contributed by atoms with Crippen LogP contribution < -0.4 is 5.32 Å².